The van der Waals surface area contributed by atoms with Crippen LogP contribution < -0.4 is 10.1 Å². The Kier molecular flexibility index (Phi) is 11.0. The van der Waals surface area contributed by atoms with Crippen molar-refractivity contribution in [1.29, 1.82) is 0 Å². The predicted octanol–water partition coefficient (Wildman–Crippen LogP) is 10.2. The van der Waals surface area contributed by atoms with Gasteiger partial charge in [0.25, 0.3) is 0 Å². The number of carbonyl (C=O) groups excluding carboxylic acids is 3. The fraction of sp³-hybridized carbons (Fsp3) is 0.469. The van der Waals surface area contributed by atoms with Crippen LogP contribution in [0.5, 0.6) is 5.75 Å². The highest BCUT2D eigenvalue weighted by Gasteiger charge is 2.39. The Balaban J connectivity index is 0.980. The number of H-pyrrole nitrogens is 2. The van der Waals surface area contributed by atoms with E-state index in [1.54, 1.807) is 16.2 Å². The maximum absolute atomic E-state index is 13.9. The van der Waals surface area contributed by atoms with Crippen molar-refractivity contribution >= 4 is 40.3 Å². The molecule has 1 saturated carbocycles. The number of aromatic nitrogens is 6. The first-order chi connectivity index (χ1) is 31.2. The molecule has 16 heteroatoms. The quantitative estimate of drug-likeness (QED) is 0.128. The molecule has 1 unspecified atom stereocenters. The summed E-state index contributed by atoms with van der Waals surface area (Å²) in [7, 11) is 1.30. The molecule has 3 fully saturated rings. The van der Waals surface area contributed by atoms with Crippen molar-refractivity contribution in [2.24, 2.45) is 5.92 Å². The number of nitrogens with one attached hydrogen (secondary N) is 3. The van der Waals surface area contributed by atoms with E-state index in [0.29, 0.717) is 24.8 Å². The second kappa shape index (κ2) is 16.7. The number of benzene rings is 2. The summed E-state index contributed by atoms with van der Waals surface area (Å²) in [5, 5.41) is 4.96. The lowest BCUT2D eigenvalue weighted by atomic mass is 9.86. The fourth-order valence-electron chi connectivity index (χ4n) is 9.89. The molecule has 0 bridgehead atoms. The lowest BCUT2D eigenvalue weighted by molar-refractivity contribution is -0.135. The summed E-state index contributed by atoms with van der Waals surface area (Å²) in [4.78, 5) is 65.4. The van der Waals surface area contributed by atoms with Gasteiger partial charge in [0.1, 0.15) is 29.0 Å². The number of amides is 3. The number of hydrogen-bond donors (Lipinski definition) is 3. The summed E-state index contributed by atoms with van der Waals surface area (Å²) in [6.45, 7) is 12.8. The molecule has 4 atom stereocenters. The smallest absolute Gasteiger partial charge is 0.410 e. The van der Waals surface area contributed by atoms with Crippen molar-refractivity contribution in [2.45, 2.75) is 122 Å². The number of fused-ring (bicyclic) bond motifs is 5. The Bertz CT molecular complexity index is 2790. The van der Waals surface area contributed by atoms with Crippen LogP contribution in [0.4, 0.5) is 9.59 Å². The number of aromatic amines is 2. The zero-order valence-electron chi connectivity index (χ0n) is 38.1. The van der Waals surface area contributed by atoms with E-state index in [-0.39, 0.29) is 30.0 Å². The molecule has 65 heavy (non-hydrogen) atoms. The van der Waals surface area contributed by atoms with Crippen molar-refractivity contribution in [3.63, 3.8) is 0 Å². The third-order valence-electron chi connectivity index (χ3n) is 13.4. The van der Waals surface area contributed by atoms with Gasteiger partial charge in [-0.25, -0.2) is 24.5 Å². The van der Waals surface area contributed by atoms with Gasteiger partial charge >= 0.3 is 12.2 Å². The number of nitrogens with zero attached hydrogens (tertiary/aromatic N) is 6. The maximum Gasteiger partial charge on any atom is 0.410 e. The molecule has 3 aliphatic heterocycles. The van der Waals surface area contributed by atoms with Gasteiger partial charge in [0.15, 0.2) is 0 Å². The van der Waals surface area contributed by atoms with Gasteiger partial charge in [-0.05, 0) is 108 Å². The van der Waals surface area contributed by atoms with E-state index in [9.17, 15) is 14.4 Å². The minimum Gasteiger partial charge on any atom is -0.464 e. The number of aryl methyl sites for hydroxylation is 1. The fourth-order valence-corrected chi connectivity index (χ4v) is 11.0. The topological polar surface area (TPSA) is 173 Å². The number of hydrogen-bond acceptors (Lipinski definition) is 10. The zero-order chi connectivity index (χ0) is 45.3. The Hall–Kier alpha value is -6.16. The van der Waals surface area contributed by atoms with Gasteiger partial charge in [0, 0.05) is 47.3 Å². The van der Waals surface area contributed by atoms with Crippen LogP contribution >= 0.6 is 11.3 Å². The molecule has 7 heterocycles. The first-order valence-electron chi connectivity index (χ1n) is 22.9. The van der Waals surface area contributed by atoms with Gasteiger partial charge in [-0.2, -0.15) is 0 Å². The van der Waals surface area contributed by atoms with Crippen LogP contribution in [0, 0.1) is 12.8 Å². The highest BCUT2D eigenvalue weighted by Crippen LogP contribution is 2.49. The maximum atomic E-state index is 13.9. The molecule has 3 amide bonds. The molecule has 15 nitrogen and oxygen atoms in total. The van der Waals surface area contributed by atoms with Crippen molar-refractivity contribution in [3.8, 4) is 39.5 Å². The van der Waals surface area contributed by atoms with Crippen molar-refractivity contribution in [2.75, 3.05) is 20.2 Å². The van der Waals surface area contributed by atoms with Crippen LogP contribution in [0.15, 0.2) is 55.0 Å². The molecule has 2 saturated heterocycles. The van der Waals surface area contributed by atoms with Crippen LogP contribution in [0.3, 0.4) is 0 Å². The molecule has 10 rings (SSSR count). The lowest BCUT2D eigenvalue weighted by Gasteiger charge is -2.30. The summed E-state index contributed by atoms with van der Waals surface area (Å²) in [6, 6.07) is 11.8. The van der Waals surface area contributed by atoms with Crippen LogP contribution in [0.25, 0.3) is 44.7 Å². The molecule has 0 radical (unpaired) electrons. The van der Waals surface area contributed by atoms with Crippen molar-refractivity contribution < 1.29 is 28.6 Å². The average Bonchev–Trinajstić information content (AvgIpc) is 4.10. The molecule has 4 aromatic heterocycles. The Morgan fingerprint density at radius 1 is 0.862 bits per heavy atom. The average molecular weight is 900 g/mol. The van der Waals surface area contributed by atoms with Crippen LogP contribution in [0.2, 0.25) is 0 Å². The van der Waals surface area contributed by atoms with E-state index in [2.05, 4.69) is 63.2 Å². The number of likely N-dealkylation sites (tertiary alicyclic amines) is 2. The number of methoxy groups -OCH3 is 1. The number of alkyl carbamates (subject to hydrolysis) is 1. The predicted molar refractivity (Wildman–Crippen MR) is 248 cm³/mol. The van der Waals surface area contributed by atoms with Crippen molar-refractivity contribution in [3.05, 3.63) is 82.1 Å². The van der Waals surface area contributed by atoms with Crippen LogP contribution in [-0.2, 0) is 14.3 Å². The Morgan fingerprint density at radius 3 is 2.22 bits per heavy atom. The second-order valence-corrected chi connectivity index (χ2v) is 20.4. The normalized spacial score (nSPS) is 20.1. The number of imidazole rings is 2. The van der Waals surface area contributed by atoms with E-state index in [4.69, 9.17) is 29.2 Å². The third kappa shape index (κ3) is 7.93. The van der Waals surface area contributed by atoms with E-state index in [0.717, 1.165) is 92.4 Å². The minimum atomic E-state index is -0.713. The molecule has 6 aromatic rings. The first-order valence-corrected chi connectivity index (χ1v) is 23.7. The Labute approximate surface area is 382 Å². The van der Waals surface area contributed by atoms with E-state index in [1.807, 2.05) is 58.1 Å². The van der Waals surface area contributed by atoms with Gasteiger partial charge in [0.2, 0.25) is 12.1 Å². The second-order valence-electron chi connectivity index (χ2n) is 19.3. The first kappa shape index (κ1) is 42.8. The van der Waals surface area contributed by atoms with Crippen molar-refractivity contribution in [1.82, 2.24) is 44.6 Å². The summed E-state index contributed by atoms with van der Waals surface area (Å²) < 4.78 is 20.0. The molecule has 1 aliphatic carbocycles. The van der Waals surface area contributed by atoms with Gasteiger partial charge in [-0.1, -0.05) is 26.3 Å². The molecular weight excluding hydrogens is 843 g/mol. The highest BCUT2D eigenvalue weighted by molar-refractivity contribution is 7.11. The number of carbonyl (C=O) groups is 3. The molecule has 2 aromatic carbocycles. The summed E-state index contributed by atoms with van der Waals surface area (Å²) in [6.07, 6.45) is 11.2. The van der Waals surface area contributed by atoms with E-state index < -0.39 is 24.0 Å². The molecule has 340 valence electrons. The van der Waals surface area contributed by atoms with Crippen LogP contribution in [-0.4, -0.2) is 89.2 Å². The summed E-state index contributed by atoms with van der Waals surface area (Å²) in [5.74, 6) is 2.46. The third-order valence-corrected chi connectivity index (χ3v) is 14.5. The summed E-state index contributed by atoms with van der Waals surface area (Å²) in [5.41, 5.74) is 7.21. The molecular formula is C49H57N9O6S. The molecule has 0 spiro atoms. The standard InChI is InChI=1S/C49H57N9O6S/c1-26(2)41(55-47(60)62-7)45(59)56-17-9-13-35(56)42-51-24-33(54-42)30-19-27(3)40-37-21-31-20-29(32-23-50-43(53-32)36-14-10-18-57(36)48(61)64-49(4,5)6)15-16-34(31)58(37)46(63-38(40)22-30)39-25-52-44(65-39)28-11-8-12-28/h15-16,19-26,28,35-36,41,46H,8-14,17-18H2,1-7H3,(H,50,53)(H,51,54)(H,55,60)/t35-,36-,41-,46?/m0/s1. The number of thiazole rings is 1. The van der Waals surface area contributed by atoms with Gasteiger partial charge in [0.05, 0.1) is 64.1 Å². The number of ether oxygens (including phenoxy) is 3. The van der Waals surface area contributed by atoms with E-state index >= 15 is 0 Å². The van der Waals surface area contributed by atoms with Crippen LogP contribution in [0.1, 0.15) is 131 Å². The minimum absolute atomic E-state index is 0.126. The largest absolute Gasteiger partial charge is 0.464 e. The molecule has 3 N–H and O–H groups in total. The van der Waals surface area contributed by atoms with E-state index in [1.165, 1.54) is 31.4 Å². The zero-order valence-corrected chi connectivity index (χ0v) is 38.9. The Morgan fingerprint density at radius 2 is 1.55 bits per heavy atom. The van der Waals surface area contributed by atoms with Gasteiger partial charge in [-0.3, -0.25) is 14.3 Å². The van der Waals surface area contributed by atoms with Gasteiger partial charge < -0.3 is 34.4 Å². The molecule has 4 aliphatic rings. The SMILES string of the molecule is COC(=O)N[C@H](C(=O)N1CCC[C@H]1c1ncc(-c2cc(C)c3c(c2)OC(c2cnc(C4CCC4)s2)n2c-3cc3cc(-c4cnc([C@@H]5CCCN5C(=O)OC(C)(C)C)[nH]4)ccc32)[nH]1)C(C)C. The number of rotatable bonds is 9. The monoisotopic (exact) mass is 899 g/mol. The lowest BCUT2D eigenvalue weighted by Crippen LogP contribution is -2.51. The summed E-state index contributed by atoms with van der Waals surface area (Å²) >= 11 is 1.74. The highest BCUT2D eigenvalue weighted by atomic mass is 32.1. The van der Waals surface area contributed by atoms with Gasteiger partial charge in [-0.15, -0.1) is 11.3 Å².